The van der Waals surface area contributed by atoms with Crippen molar-refractivity contribution in [1.82, 2.24) is 4.90 Å². The van der Waals surface area contributed by atoms with E-state index in [0.29, 0.717) is 6.54 Å². The number of hydrogen-bond acceptors (Lipinski definition) is 2. The van der Waals surface area contributed by atoms with E-state index in [2.05, 4.69) is 26.0 Å². The van der Waals surface area contributed by atoms with E-state index in [4.69, 9.17) is 0 Å². The fourth-order valence-electron chi connectivity index (χ4n) is 1.84. The number of amides is 1. The minimum atomic E-state index is -0.938. The number of benzene rings is 1. The monoisotopic (exact) mass is 235 g/mol. The summed E-state index contributed by atoms with van der Waals surface area (Å²) in [7, 11) is 1.71. The number of likely N-dealkylation sites (N-methyl/N-ethyl adjacent to an activating group) is 1. The van der Waals surface area contributed by atoms with E-state index >= 15 is 0 Å². The van der Waals surface area contributed by atoms with Crippen molar-refractivity contribution in [3.63, 3.8) is 0 Å². The molecule has 0 radical (unpaired) electrons. The van der Waals surface area contributed by atoms with Gasteiger partial charge in [0.05, 0.1) is 0 Å². The Labute approximate surface area is 103 Å². The van der Waals surface area contributed by atoms with Crippen molar-refractivity contribution in [2.45, 2.75) is 40.3 Å². The minimum Gasteiger partial charge on any atom is -0.384 e. The number of aliphatic hydroxyl groups is 1. The average molecular weight is 235 g/mol. The highest BCUT2D eigenvalue weighted by molar-refractivity contribution is 5.79. The van der Waals surface area contributed by atoms with Crippen molar-refractivity contribution in [2.24, 2.45) is 0 Å². The summed E-state index contributed by atoms with van der Waals surface area (Å²) in [5.74, 6) is -0.248. The van der Waals surface area contributed by atoms with Gasteiger partial charge in [-0.05, 0) is 49.9 Å². The number of carbonyl (C=O) groups is 1. The number of nitrogens with zero attached hydrogens (tertiary/aromatic N) is 1. The lowest BCUT2D eigenvalue weighted by Crippen LogP contribution is -2.34. The van der Waals surface area contributed by atoms with Crippen LogP contribution in [0.4, 0.5) is 0 Å². The number of rotatable bonds is 3. The Morgan fingerprint density at radius 3 is 2.29 bits per heavy atom. The molecule has 3 nitrogen and oxygen atoms in total. The Bertz CT molecular complexity index is 424. The second-order valence-corrected chi connectivity index (χ2v) is 4.73. The average Bonchev–Trinajstić information content (AvgIpc) is 2.24. The van der Waals surface area contributed by atoms with Crippen LogP contribution in [0.3, 0.4) is 0 Å². The summed E-state index contributed by atoms with van der Waals surface area (Å²) in [5, 5.41) is 9.25. The summed E-state index contributed by atoms with van der Waals surface area (Å²) in [6.45, 7) is 8.22. The first-order valence-corrected chi connectivity index (χ1v) is 5.82. The molecular weight excluding hydrogens is 214 g/mol. The molecule has 0 fully saturated rings. The molecule has 1 unspecified atom stereocenters. The molecule has 1 aromatic carbocycles. The van der Waals surface area contributed by atoms with E-state index in [1.165, 1.54) is 23.6 Å². The molecule has 0 aliphatic heterocycles. The predicted molar refractivity (Wildman–Crippen MR) is 68.8 cm³/mol. The number of aryl methyl sites for hydroxylation is 3. The zero-order valence-electron chi connectivity index (χ0n) is 11.2. The molecule has 0 spiro atoms. The lowest BCUT2D eigenvalue weighted by Gasteiger charge is -2.20. The largest absolute Gasteiger partial charge is 0.384 e. The van der Waals surface area contributed by atoms with Crippen LogP contribution in [-0.4, -0.2) is 29.1 Å². The SMILES string of the molecule is Cc1cc(C)c(CN(C)C(=O)C(C)O)cc1C. The zero-order valence-corrected chi connectivity index (χ0v) is 11.2. The van der Waals surface area contributed by atoms with Crippen molar-refractivity contribution < 1.29 is 9.90 Å². The summed E-state index contributed by atoms with van der Waals surface area (Å²) >= 11 is 0. The first-order valence-electron chi connectivity index (χ1n) is 5.82. The first kappa shape index (κ1) is 13.7. The van der Waals surface area contributed by atoms with Crippen molar-refractivity contribution in [1.29, 1.82) is 0 Å². The molecule has 94 valence electrons. The molecule has 0 heterocycles. The van der Waals surface area contributed by atoms with Crippen molar-refractivity contribution >= 4 is 5.91 Å². The van der Waals surface area contributed by atoms with Gasteiger partial charge in [-0.15, -0.1) is 0 Å². The van der Waals surface area contributed by atoms with Gasteiger partial charge in [0, 0.05) is 13.6 Å². The van der Waals surface area contributed by atoms with Gasteiger partial charge < -0.3 is 10.0 Å². The number of aliphatic hydroxyl groups excluding tert-OH is 1. The van der Waals surface area contributed by atoms with E-state index in [0.717, 1.165) is 5.56 Å². The maximum Gasteiger partial charge on any atom is 0.251 e. The lowest BCUT2D eigenvalue weighted by molar-refractivity contribution is -0.138. The molecule has 3 heteroatoms. The van der Waals surface area contributed by atoms with E-state index < -0.39 is 6.10 Å². The van der Waals surface area contributed by atoms with Crippen molar-refractivity contribution in [3.05, 3.63) is 34.4 Å². The molecule has 0 saturated heterocycles. The van der Waals surface area contributed by atoms with E-state index in [1.54, 1.807) is 11.9 Å². The molecule has 0 saturated carbocycles. The van der Waals surface area contributed by atoms with Gasteiger partial charge >= 0.3 is 0 Å². The number of hydrogen-bond donors (Lipinski definition) is 1. The summed E-state index contributed by atoms with van der Waals surface area (Å²) in [4.78, 5) is 13.1. The first-order chi connectivity index (χ1) is 7.82. The van der Waals surface area contributed by atoms with Crippen LogP contribution < -0.4 is 0 Å². The van der Waals surface area contributed by atoms with Crippen LogP contribution in [0.15, 0.2) is 12.1 Å². The molecule has 17 heavy (non-hydrogen) atoms. The van der Waals surface area contributed by atoms with Gasteiger partial charge in [0.2, 0.25) is 0 Å². The van der Waals surface area contributed by atoms with Crippen LogP contribution in [0.25, 0.3) is 0 Å². The summed E-state index contributed by atoms with van der Waals surface area (Å²) in [6, 6.07) is 4.24. The zero-order chi connectivity index (χ0) is 13.2. The third-order valence-electron chi connectivity index (χ3n) is 3.09. The van der Waals surface area contributed by atoms with Crippen LogP contribution in [-0.2, 0) is 11.3 Å². The Morgan fingerprint density at radius 1 is 1.24 bits per heavy atom. The summed E-state index contributed by atoms with van der Waals surface area (Å²) in [6.07, 6.45) is -0.938. The quantitative estimate of drug-likeness (QED) is 0.870. The molecule has 1 aromatic rings. The minimum absolute atomic E-state index is 0.248. The normalized spacial score (nSPS) is 12.4. The third kappa shape index (κ3) is 3.30. The standard InChI is InChI=1S/C14H21NO2/c1-9-6-11(3)13(7-10(9)2)8-15(5)14(17)12(4)16/h6-7,12,16H,8H2,1-5H3. The summed E-state index contributed by atoms with van der Waals surface area (Å²) < 4.78 is 0. The van der Waals surface area contributed by atoms with Gasteiger partial charge in [-0.25, -0.2) is 0 Å². The van der Waals surface area contributed by atoms with Gasteiger partial charge in [-0.1, -0.05) is 12.1 Å². The van der Waals surface area contributed by atoms with Gasteiger partial charge in [0.25, 0.3) is 5.91 Å². The molecular formula is C14H21NO2. The van der Waals surface area contributed by atoms with Crippen LogP contribution >= 0.6 is 0 Å². The second kappa shape index (κ2) is 5.32. The van der Waals surface area contributed by atoms with E-state index in [1.807, 2.05) is 6.92 Å². The highest BCUT2D eigenvalue weighted by Crippen LogP contribution is 2.17. The maximum atomic E-state index is 11.6. The predicted octanol–water partition coefficient (Wildman–Crippen LogP) is 1.95. The van der Waals surface area contributed by atoms with E-state index in [-0.39, 0.29) is 5.91 Å². The molecule has 0 aromatic heterocycles. The van der Waals surface area contributed by atoms with Crippen LogP contribution in [0.5, 0.6) is 0 Å². The lowest BCUT2D eigenvalue weighted by atomic mass is 10.0. The molecule has 1 atom stereocenters. The fraction of sp³-hybridized carbons (Fsp3) is 0.500. The van der Waals surface area contributed by atoms with Gasteiger partial charge in [-0.3, -0.25) is 4.79 Å². The topological polar surface area (TPSA) is 40.5 Å². The highest BCUT2D eigenvalue weighted by Gasteiger charge is 2.15. The van der Waals surface area contributed by atoms with Gasteiger partial charge in [0.15, 0.2) is 0 Å². The van der Waals surface area contributed by atoms with Crippen LogP contribution in [0, 0.1) is 20.8 Å². The Morgan fingerprint density at radius 2 is 1.76 bits per heavy atom. The van der Waals surface area contributed by atoms with Gasteiger partial charge in [0.1, 0.15) is 6.10 Å². The molecule has 0 aliphatic rings. The van der Waals surface area contributed by atoms with Crippen molar-refractivity contribution in [2.75, 3.05) is 7.05 Å². The Kier molecular flexibility index (Phi) is 4.29. The second-order valence-electron chi connectivity index (χ2n) is 4.73. The third-order valence-corrected chi connectivity index (χ3v) is 3.09. The summed E-state index contributed by atoms with van der Waals surface area (Å²) in [5.41, 5.74) is 4.79. The van der Waals surface area contributed by atoms with Crippen molar-refractivity contribution in [3.8, 4) is 0 Å². The highest BCUT2D eigenvalue weighted by atomic mass is 16.3. The molecule has 1 N–H and O–H groups in total. The number of carbonyl (C=O) groups excluding carboxylic acids is 1. The Balaban J connectivity index is 2.89. The van der Waals surface area contributed by atoms with Gasteiger partial charge in [-0.2, -0.15) is 0 Å². The molecule has 0 bridgehead atoms. The Hall–Kier alpha value is -1.35. The molecule has 1 rings (SSSR count). The molecule has 1 amide bonds. The fourth-order valence-corrected chi connectivity index (χ4v) is 1.84. The maximum absolute atomic E-state index is 11.6. The smallest absolute Gasteiger partial charge is 0.251 e. The van der Waals surface area contributed by atoms with Crippen LogP contribution in [0.2, 0.25) is 0 Å². The van der Waals surface area contributed by atoms with Crippen LogP contribution in [0.1, 0.15) is 29.2 Å². The molecule has 0 aliphatic carbocycles. The van der Waals surface area contributed by atoms with E-state index in [9.17, 15) is 9.90 Å².